The molecular formula is C23H31N7O6. The van der Waals surface area contributed by atoms with Crippen LogP contribution in [0.2, 0.25) is 0 Å². The number of aromatic nitrogens is 2. The number of H-pyrrole nitrogens is 1. The van der Waals surface area contributed by atoms with E-state index in [0.717, 1.165) is 0 Å². The maximum atomic E-state index is 13.1. The summed E-state index contributed by atoms with van der Waals surface area (Å²) in [5.41, 5.74) is 11.9. The van der Waals surface area contributed by atoms with E-state index in [1.54, 1.807) is 30.3 Å². The summed E-state index contributed by atoms with van der Waals surface area (Å²) in [7, 11) is 0. The molecule has 1 aromatic heterocycles. The Morgan fingerprint density at radius 3 is 2.11 bits per heavy atom. The van der Waals surface area contributed by atoms with Crippen molar-refractivity contribution in [1.29, 1.82) is 0 Å². The number of aliphatic carboxylic acids is 1. The fraction of sp³-hybridized carbons (Fsp3) is 0.391. The molecule has 0 bridgehead atoms. The van der Waals surface area contributed by atoms with E-state index < -0.39 is 53.8 Å². The first-order valence-corrected chi connectivity index (χ1v) is 11.3. The van der Waals surface area contributed by atoms with Gasteiger partial charge in [-0.15, -0.1) is 0 Å². The van der Waals surface area contributed by atoms with Crippen molar-refractivity contribution in [2.75, 3.05) is 0 Å². The molecular weight excluding hydrogens is 470 g/mol. The second-order valence-electron chi connectivity index (χ2n) is 8.29. The Morgan fingerprint density at radius 2 is 1.56 bits per heavy atom. The smallest absolute Gasteiger partial charge is 0.326 e. The lowest BCUT2D eigenvalue weighted by molar-refractivity contribution is -0.142. The van der Waals surface area contributed by atoms with Gasteiger partial charge < -0.3 is 37.5 Å². The van der Waals surface area contributed by atoms with Crippen molar-refractivity contribution in [3.63, 3.8) is 0 Å². The predicted octanol–water partition coefficient (Wildman–Crippen LogP) is -1.65. The number of carbonyl (C=O) groups is 5. The summed E-state index contributed by atoms with van der Waals surface area (Å²) in [6, 6.07) is 4.14. The Hall–Kier alpha value is -4.26. The van der Waals surface area contributed by atoms with Gasteiger partial charge in [0.25, 0.3) is 0 Å². The van der Waals surface area contributed by atoms with Crippen LogP contribution in [0.4, 0.5) is 0 Å². The zero-order valence-corrected chi connectivity index (χ0v) is 19.8. The van der Waals surface area contributed by atoms with E-state index in [9.17, 15) is 29.1 Å². The highest BCUT2D eigenvalue weighted by Crippen LogP contribution is 2.07. The van der Waals surface area contributed by atoms with Gasteiger partial charge in [-0.2, -0.15) is 0 Å². The number of nitrogens with two attached hydrogens (primary N) is 2. The molecule has 13 heteroatoms. The summed E-state index contributed by atoms with van der Waals surface area (Å²) in [5, 5.41) is 17.1. The van der Waals surface area contributed by atoms with E-state index in [4.69, 9.17) is 11.5 Å². The number of primary amides is 1. The summed E-state index contributed by atoms with van der Waals surface area (Å²) in [5.74, 6) is -4.08. The van der Waals surface area contributed by atoms with Gasteiger partial charge >= 0.3 is 5.97 Å². The number of nitrogens with zero attached hydrogens (tertiary/aromatic N) is 1. The zero-order chi connectivity index (χ0) is 26.7. The standard InChI is InChI=1S/C23H31N7O6/c1-13(24)20(32)28-16(7-8-19(25)31)21(33)29-17(10-15-11-26-12-27-15)22(34)30-18(23(35)36)9-14-5-3-2-4-6-14/h2-6,11-13,16-18H,7-10,24H2,1H3,(H2,25,31)(H,26,27)(H,28,32)(H,29,33)(H,30,34)(H,35,36). The lowest BCUT2D eigenvalue weighted by Gasteiger charge is -2.24. The number of carbonyl (C=O) groups excluding carboxylic acids is 4. The highest BCUT2D eigenvalue weighted by atomic mass is 16.4. The monoisotopic (exact) mass is 501 g/mol. The maximum Gasteiger partial charge on any atom is 0.326 e. The van der Waals surface area contributed by atoms with Gasteiger partial charge in [0, 0.05) is 31.2 Å². The summed E-state index contributed by atoms with van der Waals surface area (Å²) in [4.78, 5) is 68.0. The maximum absolute atomic E-state index is 13.1. The fourth-order valence-corrected chi connectivity index (χ4v) is 3.28. The molecule has 0 saturated carbocycles. The molecule has 0 radical (unpaired) electrons. The van der Waals surface area contributed by atoms with Crippen LogP contribution in [-0.4, -0.2) is 68.8 Å². The topological polar surface area (TPSA) is 222 Å². The van der Waals surface area contributed by atoms with E-state index in [1.165, 1.54) is 19.4 Å². The van der Waals surface area contributed by atoms with Crippen molar-refractivity contribution in [2.24, 2.45) is 11.5 Å². The van der Waals surface area contributed by atoms with Gasteiger partial charge in [-0.3, -0.25) is 19.2 Å². The number of carboxylic acid groups (broad SMARTS) is 1. The first-order chi connectivity index (χ1) is 17.1. The first-order valence-electron chi connectivity index (χ1n) is 11.3. The van der Waals surface area contributed by atoms with Crippen molar-refractivity contribution in [3.8, 4) is 0 Å². The molecule has 4 atom stereocenters. The molecule has 0 saturated heterocycles. The molecule has 194 valence electrons. The second kappa shape index (κ2) is 13.6. The molecule has 2 rings (SSSR count). The van der Waals surface area contributed by atoms with Crippen molar-refractivity contribution in [3.05, 3.63) is 54.1 Å². The number of benzene rings is 1. The molecule has 9 N–H and O–H groups in total. The fourth-order valence-electron chi connectivity index (χ4n) is 3.28. The Kier molecular flexibility index (Phi) is 10.6. The van der Waals surface area contributed by atoms with Crippen LogP contribution in [0.5, 0.6) is 0 Å². The number of hydrogen-bond acceptors (Lipinski definition) is 7. The van der Waals surface area contributed by atoms with E-state index in [1.807, 2.05) is 0 Å². The molecule has 36 heavy (non-hydrogen) atoms. The summed E-state index contributed by atoms with van der Waals surface area (Å²) < 4.78 is 0. The minimum absolute atomic E-state index is 0.0261. The molecule has 0 spiro atoms. The van der Waals surface area contributed by atoms with Crippen LogP contribution in [0.3, 0.4) is 0 Å². The van der Waals surface area contributed by atoms with Crippen LogP contribution in [0.15, 0.2) is 42.9 Å². The summed E-state index contributed by atoms with van der Waals surface area (Å²) in [6.45, 7) is 1.42. The molecule has 2 aromatic rings. The van der Waals surface area contributed by atoms with Crippen LogP contribution in [0.25, 0.3) is 0 Å². The SMILES string of the molecule is CC(N)C(=O)NC(CCC(N)=O)C(=O)NC(Cc1cnc[nH]1)C(=O)NC(Cc1ccccc1)C(=O)O. The number of nitrogens with one attached hydrogen (secondary N) is 4. The largest absolute Gasteiger partial charge is 0.480 e. The first kappa shape index (κ1) is 28.0. The van der Waals surface area contributed by atoms with Crippen LogP contribution >= 0.6 is 0 Å². The Balaban J connectivity index is 2.21. The molecule has 13 nitrogen and oxygen atoms in total. The van der Waals surface area contributed by atoms with Crippen LogP contribution in [0, 0.1) is 0 Å². The summed E-state index contributed by atoms with van der Waals surface area (Å²) in [6.07, 6.45) is 2.50. The number of hydrogen-bond donors (Lipinski definition) is 7. The van der Waals surface area contributed by atoms with Crippen molar-refractivity contribution < 1.29 is 29.1 Å². The van der Waals surface area contributed by atoms with Crippen LogP contribution in [0.1, 0.15) is 31.0 Å². The van der Waals surface area contributed by atoms with E-state index in [-0.39, 0.29) is 25.7 Å². The molecule has 0 aliphatic carbocycles. The number of imidazole rings is 1. The van der Waals surface area contributed by atoms with Crippen molar-refractivity contribution in [1.82, 2.24) is 25.9 Å². The Labute approximate surface area is 207 Å². The average molecular weight is 502 g/mol. The molecule has 0 aliphatic rings. The summed E-state index contributed by atoms with van der Waals surface area (Å²) >= 11 is 0. The molecule has 1 aromatic carbocycles. The van der Waals surface area contributed by atoms with Gasteiger partial charge in [-0.25, -0.2) is 9.78 Å². The van der Waals surface area contributed by atoms with Gasteiger partial charge in [0.2, 0.25) is 23.6 Å². The number of amides is 4. The minimum Gasteiger partial charge on any atom is -0.480 e. The van der Waals surface area contributed by atoms with Gasteiger partial charge in [-0.05, 0) is 18.9 Å². The minimum atomic E-state index is -1.26. The average Bonchev–Trinajstić information content (AvgIpc) is 3.34. The van der Waals surface area contributed by atoms with Crippen molar-refractivity contribution in [2.45, 2.75) is 56.8 Å². The Morgan fingerprint density at radius 1 is 0.944 bits per heavy atom. The molecule has 4 amide bonds. The van der Waals surface area contributed by atoms with E-state index in [2.05, 4.69) is 25.9 Å². The molecule has 4 unspecified atom stereocenters. The molecule has 1 heterocycles. The number of aromatic amines is 1. The van der Waals surface area contributed by atoms with Gasteiger partial charge in [0.15, 0.2) is 0 Å². The normalized spacial score (nSPS) is 14.1. The quantitative estimate of drug-likeness (QED) is 0.158. The lowest BCUT2D eigenvalue weighted by atomic mass is 10.0. The molecule has 0 fully saturated rings. The Bertz CT molecular complexity index is 1040. The highest BCUT2D eigenvalue weighted by Gasteiger charge is 2.30. The third-order valence-corrected chi connectivity index (χ3v) is 5.24. The third-order valence-electron chi connectivity index (χ3n) is 5.24. The third kappa shape index (κ3) is 9.18. The number of carboxylic acids is 1. The lowest BCUT2D eigenvalue weighted by Crippen LogP contribution is -2.57. The van der Waals surface area contributed by atoms with Gasteiger partial charge in [-0.1, -0.05) is 30.3 Å². The second-order valence-corrected chi connectivity index (χ2v) is 8.29. The van der Waals surface area contributed by atoms with Crippen LogP contribution in [-0.2, 0) is 36.8 Å². The highest BCUT2D eigenvalue weighted by molar-refractivity contribution is 5.94. The van der Waals surface area contributed by atoms with Gasteiger partial charge in [0.05, 0.1) is 12.4 Å². The molecule has 0 aliphatic heterocycles. The van der Waals surface area contributed by atoms with Gasteiger partial charge in [0.1, 0.15) is 18.1 Å². The van der Waals surface area contributed by atoms with E-state index >= 15 is 0 Å². The van der Waals surface area contributed by atoms with E-state index in [0.29, 0.717) is 11.3 Å². The predicted molar refractivity (Wildman–Crippen MR) is 128 cm³/mol. The van der Waals surface area contributed by atoms with Crippen molar-refractivity contribution >= 4 is 29.6 Å². The number of rotatable bonds is 14. The van der Waals surface area contributed by atoms with Crippen LogP contribution < -0.4 is 27.4 Å². The zero-order valence-electron chi connectivity index (χ0n) is 19.8.